The predicted molar refractivity (Wildman–Crippen MR) is 101 cm³/mol. The summed E-state index contributed by atoms with van der Waals surface area (Å²) < 4.78 is 10.6. The number of aryl methyl sites for hydroxylation is 1. The van der Waals surface area contributed by atoms with E-state index < -0.39 is 17.9 Å². The largest absolute Gasteiger partial charge is 0.497 e. The Morgan fingerprint density at radius 1 is 1.12 bits per heavy atom. The fourth-order valence-electron chi connectivity index (χ4n) is 2.30. The minimum atomic E-state index is -0.773. The summed E-state index contributed by atoms with van der Waals surface area (Å²) in [6.45, 7) is 1.99. The van der Waals surface area contributed by atoms with Crippen LogP contribution in [-0.2, 0) is 14.3 Å². The molecule has 138 valence electrons. The maximum atomic E-state index is 12.0. The first kappa shape index (κ1) is 19.8. The van der Waals surface area contributed by atoms with Gasteiger partial charge in [-0.2, -0.15) is 0 Å². The molecular weight excluding hydrogens is 356 g/mol. The molecular formula is C19H21ClN2O4. The number of hydrogen-bond donors (Lipinski definition) is 2. The van der Waals surface area contributed by atoms with Crippen molar-refractivity contribution in [2.24, 2.45) is 0 Å². The van der Waals surface area contributed by atoms with Crippen LogP contribution in [0.25, 0.3) is 0 Å². The lowest BCUT2D eigenvalue weighted by Crippen LogP contribution is -2.38. The number of ether oxygens (including phenoxy) is 2. The van der Waals surface area contributed by atoms with E-state index in [0.717, 1.165) is 11.1 Å². The molecule has 0 aromatic heterocycles. The molecule has 0 bridgehead atoms. The molecule has 0 aliphatic rings. The third kappa shape index (κ3) is 5.21. The second-order valence-electron chi connectivity index (χ2n) is 5.63. The molecule has 0 spiro atoms. The van der Waals surface area contributed by atoms with Gasteiger partial charge < -0.3 is 20.1 Å². The Kier molecular flexibility index (Phi) is 7.00. The van der Waals surface area contributed by atoms with Crippen LogP contribution in [0.4, 0.5) is 5.69 Å². The molecule has 2 amide bonds. The van der Waals surface area contributed by atoms with Crippen LogP contribution in [0.15, 0.2) is 42.5 Å². The van der Waals surface area contributed by atoms with E-state index in [4.69, 9.17) is 21.1 Å². The van der Waals surface area contributed by atoms with Gasteiger partial charge in [0.25, 0.3) is 0 Å². The average molecular weight is 377 g/mol. The maximum absolute atomic E-state index is 12.0. The van der Waals surface area contributed by atoms with Crippen LogP contribution in [0.1, 0.15) is 17.2 Å². The fourth-order valence-corrected chi connectivity index (χ4v) is 2.48. The highest BCUT2D eigenvalue weighted by atomic mass is 35.5. The number of benzene rings is 2. The molecule has 0 aliphatic heterocycles. The van der Waals surface area contributed by atoms with Gasteiger partial charge in [-0.25, -0.2) is 0 Å². The predicted octanol–water partition coefficient (Wildman–Crippen LogP) is 3.10. The van der Waals surface area contributed by atoms with E-state index in [1.807, 2.05) is 31.2 Å². The zero-order valence-electron chi connectivity index (χ0n) is 14.8. The van der Waals surface area contributed by atoms with E-state index in [1.165, 1.54) is 7.11 Å². The van der Waals surface area contributed by atoms with Crippen molar-refractivity contribution in [2.45, 2.75) is 13.0 Å². The van der Waals surface area contributed by atoms with Crippen LogP contribution < -0.4 is 15.4 Å². The number of rotatable bonds is 6. The van der Waals surface area contributed by atoms with Crippen LogP contribution in [0.5, 0.6) is 5.75 Å². The zero-order valence-corrected chi connectivity index (χ0v) is 15.6. The average Bonchev–Trinajstić information content (AvgIpc) is 2.65. The lowest BCUT2D eigenvalue weighted by atomic mass is 10.1. The standard InChI is InChI=1S/C19H21ClN2O4/c1-12-7-8-14(10-16(12)20)22-19(24)18(23)21-11-17(26-3)13-5-4-6-15(9-13)25-2/h4-10,17H,11H2,1-3H3,(H,21,23)(H,22,24)/t17-/m0/s1. The summed E-state index contributed by atoms with van der Waals surface area (Å²) in [6.07, 6.45) is -0.407. The van der Waals surface area contributed by atoms with Crippen molar-refractivity contribution in [1.82, 2.24) is 5.32 Å². The highest BCUT2D eigenvalue weighted by molar-refractivity contribution is 6.39. The summed E-state index contributed by atoms with van der Waals surface area (Å²) >= 11 is 6.01. The first-order valence-electron chi connectivity index (χ1n) is 7.96. The molecule has 7 heteroatoms. The fraction of sp³-hybridized carbons (Fsp3) is 0.263. The zero-order chi connectivity index (χ0) is 19.1. The van der Waals surface area contributed by atoms with E-state index in [0.29, 0.717) is 16.5 Å². The van der Waals surface area contributed by atoms with E-state index in [9.17, 15) is 9.59 Å². The van der Waals surface area contributed by atoms with Crippen molar-refractivity contribution < 1.29 is 19.1 Å². The molecule has 0 saturated heterocycles. The molecule has 2 rings (SSSR count). The Morgan fingerprint density at radius 2 is 1.88 bits per heavy atom. The molecule has 1 atom stereocenters. The molecule has 2 aromatic carbocycles. The Labute approximate surface area is 157 Å². The molecule has 0 fully saturated rings. The summed E-state index contributed by atoms with van der Waals surface area (Å²) in [4.78, 5) is 24.1. The molecule has 26 heavy (non-hydrogen) atoms. The van der Waals surface area contributed by atoms with Crippen LogP contribution >= 0.6 is 11.6 Å². The highest BCUT2D eigenvalue weighted by Gasteiger charge is 2.18. The number of anilines is 1. The van der Waals surface area contributed by atoms with Crippen LogP contribution in [0.3, 0.4) is 0 Å². The Balaban J connectivity index is 1.94. The van der Waals surface area contributed by atoms with Gasteiger partial charge in [-0.3, -0.25) is 9.59 Å². The van der Waals surface area contributed by atoms with Gasteiger partial charge in [-0.15, -0.1) is 0 Å². The van der Waals surface area contributed by atoms with Crippen molar-refractivity contribution >= 4 is 29.1 Å². The number of nitrogens with one attached hydrogen (secondary N) is 2. The van der Waals surface area contributed by atoms with Crippen LogP contribution in [0, 0.1) is 6.92 Å². The van der Waals surface area contributed by atoms with Gasteiger partial charge in [0.15, 0.2) is 0 Å². The van der Waals surface area contributed by atoms with E-state index in [1.54, 1.807) is 25.3 Å². The Hall–Kier alpha value is -2.57. The summed E-state index contributed by atoms with van der Waals surface area (Å²) in [7, 11) is 3.11. The molecule has 0 aliphatic carbocycles. The number of amides is 2. The summed E-state index contributed by atoms with van der Waals surface area (Å²) in [5.74, 6) is -0.845. The first-order valence-corrected chi connectivity index (χ1v) is 8.34. The van der Waals surface area contributed by atoms with Gasteiger partial charge >= 0.3 is 11.8 Å². The number of hydrogen-bond acceptors (Lipinski definition) is 4. The minimum absolute atomic E-state index is 0.143. The van der Waals surface area contributed by atoms with Gasteiger partial charge in [0.1, 0.15) is 5.75 Å². The molecule has 2 N–H and O–H groups in total. The molecule has 0 saturated carbocycles. The van der Waals surface area contributed by atoms with Gasteiger partial charge in [0.2, 0.25) is 0 Å². The van der Waals surface area contributed by atoms with Gasteiger partial charge in [0.05, 0.1) is 13.2 Å². The van der Waals surface area contributed by atoms with Gasteiger partial charge in [0, 0.05) is 24.4 Å². The second kappa shape index (κ2) is 9.22. The lowest BCUT2D eigenvalue weighted by Gasteiger charge is -2.17. The van der Waals surface area contributed by atoms with Crippen LogP contribution in [-0.4, -0.2) is 32.6 Å². The number of methoxy groups -OCH3 is 2. The third-order valence-electron chi connectivity index (χ3n) is 3.83. The Morgan fingerprint density at radius 3 is 2.54 bits per heavy atom. The van der Waals surface area contributed by atoms with Crippen molar-refractivity contribution in [3.8, 4) is 5.75 Å². The summed E-state index contributed by atoms with van der Waals surface area (Å²) in [5, 5.41) is 5.59. The normalized spacial score (nSPS) is 11.5. The van der Waals surface area contributed by atoms with Crippen molar-refractivity contribution in [2.75, 3.05) is 26.1 Å². The van der Waals surface area contributed by atoms with E-state index >= 15 is 0 Å². The third-order valence-corrected chi connectivity index (χ3v) is 4.24. The van der Waals surface area contributed by atoms with Crippen molar-refractivity contribution in [1.29, 1.82) is 0 Å². The summed E-state index contributed by atoms with van der Waals surface area (Å²) in [6, 6.07) is 12.4. The quantitative estimate of drug-likeness (QED) is 0.759. The lowest BCUT2D eigenvalue weighted by molar-refractivity contribution is -0.136. The maximum Gasteiger partial charge on any atom is 0.313 e. The molecule has 0 unspecified atom stereocenters. The molecule has 0 heterocycles. The van der Waals surface area contributed by atoms with Gasteiger partial charge in [-0.05, 0) is 42.3 Å². The Bertz CT molecular complexity index is 795. The summed E-state index contributed by atoms with van der Waals surface area (Å²) in [5.41, 5.74) is 2.17. The van der Waals surface area contributed by atoms with E-state index in [2.05, 4.69) is 10.6 Å². The number of carbonyl (C=O) groups excluding carboxylic acids is 2. The SMILES string of the molecule is COc1cccc([C@H](CNC(=O)C(=O)Nc2ccc(C)c(Cl)c2)OC)c1. The smallest absolute Gasteiger partial charge is 0.313 e. The van der Waals surface area contributed by atoms with E-state index in [-0.39, 0.29) is 6.54 Å². The number of carbonyl (C=O) groups is 2. The second-order valence-corrected chi connectivity index (χ2v) is 6.04. The van der Waals surface area contributed by atoms with Crippen molar-refractivity contribution in [3.63, 3.8) is 0 Å². The molecule has 2 aromatic rings. The topological polar surface area (TPSA) is 76.7 Å². The molecule has 0 radical (unpaired) electrons. The van der Waals surface area contributed by atoms with Crippen LogP contribution in [0.2, 0.25) is 5.02 Å². The number of halogens is 1. The first-order chi connectivity index (χ1) is 12.4. The highest BCUT2D eigenvalue weighted by Crippen LogP contribution is 2.21. The monoisotopic (exact) mass is 376 g/mol. The van der Waals surface area contributed by atoms with Gasteiger partial charge in [-0.1, -0.05) is 29.8 Å². The minimum Gasteiger partial charge on any atom is -0.497 e. The molecule has 6 nitrogen and oxygen atoms in total. The van der Waals surface area contributed by atoms with Crippen molar-refractivity contribution in [3.05, 3.63) is 58.6 Å².